The van der Waals surface area contributed by atoms with Crippen LogP contribution in [0.2, 0.25) is 0 Å². The first-order chi connectivity index (χ1) is 12.1. The van der Waals surface area contributed by atoms with Gasteiger partial charge in [0.1, 0.15) is 0 Å². The number of aliphatic hydroxyl groups is 1. The van der Waals surface area contributed by atoms with Gasteiger partial charge >= 0.3 is 0 Å². The number of hydrogen-bond acceptors (Lipinski definition) is 4. The smallest absolute Gasteiger partial charge is 0.291 e. The van der Waals surface area contributed by atoms with Crippen LogP contribution in [0.5, 0.6) is 0 Å². The Morgan fingerprint density at radius 2 is 1.88 bits per heavy atom. The summed E-state index contributed by atoms with van der Waals surface area (Å²) in [5.74, 6) is 0.263. The molecule has 2 N–H and O–H groups in total. The molecule has 0 atom stereocenters. The van der Waals surface area contributed by atoms with Crippen LogP contribution in [0.1, 0.15) is 21.7 Å². The van der Waals surface area contributed by atoms with Gasteiger partial charge in [0, 0.05) is 12.1 Å². The zero-order valence-electron chi connectivity index (χ0n) is 14.2. The predicted octanol–water partition coefficient (Wildman–Crippen LogP) is 2.27. The van der Waals surface area contributed by atoms with Crippen molar-refractivity contribution in [2.24, 2.45) is 0 Å². The van der Waals surface area contributed by atoms with Crippen molar-refractivity contribution >= 4 is 5.91 Å². The summed E-state index contributed by atoms with van der Waals surface area (Å²) in [5.41, 5.74) is 3.95. The zero-order chi connectivity index (χ0) is 17.8. The van der Waals surface area contributed by atoms with E-state index in [2.05, 4.69) is 15.4 Å². The van der Waals surface area contributed by atoms with E-state index < -0.39 is 5.91 Å². The number of aliphatic hydroxyl groups excluding tert-OH is 1. The highest BCUT2D eigenvalue weighted by Crippen LogP contribution is 2.22. The molecule has 3 rings (SSSR count). The van der Waals surface area contributed by atoms with Gasteiger partial charge in [-0.15, -0.1) is 5.10 Å². The fourth-order valence-electron chi connectivity index (χ4n) is 2.49. The van der Waals surface area contributed by atoms with Gasteiger partial charge in [0.15, 0.2) is 5.82 Å². The maximum atomic E-state index is 12.2. The highest BCUT2D eigenvalue weighted by atomic mass is 16.3. The minimum atomic E-state index is -0.409. The van der Waals surface area contributed by atoms with E-state index in [4.69, 9.17) is 5.11 Å². The van der Waals surface area contributed by atoms with Crippen molar-refractivity contribution in [1.29, 1.82) is 0 Å². The van der Waals surface area contributed by atoms with Crippen LogP contribution in [0.3, 0.4) is 0 Å². The molecule has 25 heavy (non-hydrogen) atoms. The van der Waals surface area contributed by atoms with Gasteiger partial charge in [0.2, 0.25) is 5.82 Å². The molecule has 0 radical (unpaired) electrons. The Morgan fingerprint density at radius 1 is 1.12 bits per heavy atom. The predicted molar refractivity (Wildman–Crippen MR) is 95.7 cm³/mol. The number of nitrogens with one attached hydrogen (secondary N) is 1. The SMILES string of the molecule is Cc1ccc(-c2nc(C(=O)NCCO)nn2-c2cccc(C)c2)cc1. The average molecular weight is 336 g/mol. The molecule has 0 saturated heterocycles. The summed E-state index contributed by atoms with van der Waals surface area (Å²) in [6, 6.07) is 15.8. The molecule has 3 aromatic rings. The molecule has 0 saturated carbocycles. The number of aryl methyl sites for hydroxylation is 2. The van der Waals surface area contributed by atoms with E-state index in [9.17, 15) is 4.79 Å². The standard InChI is InChI=1S/C19H20N4O2/c1-13-6-8-15(9-7-13)18-21-17(19(25)20-10-11-24)22-23(18)16-5-3-4-14(2)12-16/h3-9,12,24H,10-11H2,1-2H3,(H,20,25). The maximum Gasteiger partial charge on any atom is 0.291 e. The van der Waals surface area contributed by atoms with E-state index in [1.54, 1.807) is 4.68 Å². The molecule has 0 bridgehead atoms. The van der Waals surface area contributed by atoms with Crippen LogP contribution >= 0.6 is 0 Å². The van der Waals surface area contributed by atoms with Gasteiger partial charge in [-0.1, -0.05) is 42.0 Å². The minimum absolute atomic E-state index is 0.0746. The van der Waals surface area contributed by atoms with Crippen LogP contribution in [0.4, 0.5) is 0 Å². The first-order valence-electron chi connectivity index (χ1n) is 8.08. The van der Waals surface area contributed by atoms with E-state index >= 15 is 0 Å². The molecule has 6 nitrogen and oxygen atoms in total. The second-order valence-corrected chi connectivity index (χ2v) is 5.86. The molecule has 1 aromatic heterocycles. The van der Waals surface area contributed by atoms with E-state index in [1.165, 1.54) is 0 Å². The highest BCUT2D eigenvalue weighted by Gasteiger charge is 2.18. The molecule has 6 heteroatoms. The number of aromatic nitrogens is 3. The van der Waals surface area contributed by atoms with E-state index in [0.717, 1.165) is 22.4 Å². The largest absolute Gasteiger partial charge is 0.395 e. The molecule has 2 aromatic carbocycles. The second-order valence-electron chi connectivity index (χ2n) is 5.86. The Balaban J connectivity index is 2.09. The number of carbonyl (C=O) groups is 1. The van der Waals surface area contributed by atoms with Gasteiger partial charge in [0.05, 0.1) is 12.3 Å². The molecule has 0 aliphatic heterocycles. The highest BCUT2D eigenvalue weighted by molar-refractivity contribution is 5.91. The normalized spacial score (nSPS) is 10.7. The number of benzene rings is 2. The molecule has 0 fully saturated rings. The van der Waals surface area contributed by atoms with Crippen LogP contribution in [0.15, 0.2) is 48.5 Å². The molecule has 1 amide bonds. The average Bonchev–Trinajstić information content (AvgIpc) is 3.06. The molecule has 128 valence electrons. The fraction of sp³-hybridized carbons (Fsp3) is 0.211. The van der Waals surface area contributed by atoms with Crippen LogP contribution < -0.4 is 5.32 Å². The first kappa shape index (κ1) is 16.9. The van der Waals surface area contributed by atoms with Gasteiger partial charge < -0.3 is 10.4 Å². The van der Waals surface area contributed by atoms with E-state index in [-0.39, 0.29) is 19.0 Å². The molecule has 0 aliphatic rings. The Bertz CT molecular complexity index is 885. The molecule has 0 unspecified atom stereocenters. The van der Waals surface area contributed by atoms with E-state index in [0.29, 0.717) is 5.82 Å². The summed E-state index contributed by atoms with van der Waals surface area (Å²) in [5, 5.41) is 15.8. The third kappa shape index (κ3) is 3.75. The summed E-state index contributed by atoms with van der Waals surface area (Å²) < 4.78 is 1.67. The summed E-state index contributed by atoms with van der Waals surface area (Å²) in [6.07, 6.45) is 0. The molecular weight excluding hydrogens is 316 g/mol. The van der Waals surface area contributed by atoms with Crippen molar-refractivity contribution in [2.75, 3.05) is 13.2 Å². The number of carbonyl (C=O) groups excluding carboxylic acids is 1. The van der Waals surface area contributed by atoms with Crippen LogP contribution in [-0.2, 0) is 0 Å². The van der Waals surface area contributed by atoms with Crippen LogP contribution in [0.25, 0.3) is 17.1 Å². The molecular formula is C19H20N4O2. The topological polar surface area (TPSA) is 80.0 Å². The van der Waals surface area contributed by atoms with Crippen LogP contribution in [-0.4, -0.2) is 38.9 Å². The lowest BCUT2D eigenvalue weighted by Crippen LogP contribution is -2.27. The van der Waals surface area contributed by atoms with Gasteiger partial charge in [-0.05, 0) is 31.5 Å². The molecule has 1 heterocycles. The Hall–Kier alpha value is -2.99. The Labute approximate surface area is 146 Å². The van der Waals surface area contributed by atoms with Gasteiger partial charge in [-0.25, -0.2) is 9.67 Å². The summed E-state index contributed by atoms with van der Waals surface area (Å²) in [4.78, 5) is 16.6. The summed E-state index contributed by atoms with van der Waals surface area (Å²) in [7, 11) is 0. The van der Waals surface area contributed by atoms with Crippen molar-refractivity contribution in [1.82, 2.24) is 20.1 Å². The van der Waals surface area contributed by atoms with Crippen molar-refractivity contribution in [3.8, 4) is 17.1 Å². The maximum absolute atomic E-state index is 12.2. The van der Waals surface area contributed by atoms with E-state index in [1.807, 2.05) is 62.4 Å². The molecule has 0 spiro atoms. The third-order valence-corrected chi connectivity index (χ3v) is 3.76. The lowest BCUT2D eigenvalue weighted by molar-refractivity contribution is 0.0934. The number of nitrogens with zero attached hydrogens (tertiary/aromatic N) is 3. The quantitative estimate of drug-likeness (QED) is 0.749. The third-order valence-electron chi connectivity index (χ3n) is 3.76. The van der Waals surface area contributed by atoms with Gasteiger partial charge in [-0.3, -0.25) is 4.79 Å². The van der Waals surface area contributed by atoms with Crippen molar-refractivity contribution in [3.05, 3.63) is 65.5 Å². The lowest BCUT2D eigenvalue weighted by atomic mass is 10.1. The number of hydrogen-bond donors (Lipinski definition) is 2. The minimum Gasteiger partial charge on any atom is -0.395 e. The van der Waals surface area contributed by atoms with Crippen molar-refractivity contribution in [2.45, 2.75) is 13.8 Å². The first-order valence-corrected chi connectivity index (χ1v) is 8.08. The van der Waals surface area contributed by atoms with Gasteiger partial charge in [0.25, 0.3) is 5.91 Å². The Kier molecular flexibility index (Phi) is 4.90. The number of amides is 1. The zero-order valence-corrected chi connectivity index (χ0v) is 14.2. The second kappa shape index (κ2) is 7.27. The molecule has 0 aliphatic carbocycles. The monoisotopic (exact) mass is 336 g/mol. The fourth-order valence-corrected chi connectivity index (χ4v) is 2.49. The summed E-state index contributed by atoms with van der Waals surface area (Å²) in [6.45, 7) is 4.05. The van der Waals surface area contributed by atoms with Crippen molar-refractivity contribution in [3.63, 3.8) is 0 Å². The number of rotatable bonds is 5. The lowest BCUT2D eigenvalue weighted by Gasteiger charge is -2.07. The van der Waals surface area contributed by atoms with Crippen LogP contribution in [0, 0.1) is 13.8 Å². The van der Waals surface area contributed by atoms with Gasteiger partial charge in [-0.2, -0.15) is 0 Å². The summed E-state index contributed by atoms with van der Waals surface area (Å²) >= 11 is 0. The van der Waals surface area contributed by atoms with Crippen molar-refractivity contribution < 1.29 is 9.90 Å². The Morgan fingerprint density at radius 3 is 2.56 bits per heavy atom.